The molecule has 3 nitrogen and oxygen atoms in total. The van der Waals surface area contributed by atoms with Gasteiger partial charge in [0.25, 0.3) is 0 Å². The summed E-state index contributed by atoms with van der Waals surface area (Å²) in [5.41, 5.74) is 1.14. The number of carbonyl (C=O) groups is 1. The Hall–Kier alpha value is -1.12. The van der Waals surface area contributed by atoms with Crippen LogP contribution in [0.3, 0.4) is 0 Å². The van der Waals surface area contributed by atoms with Crippen LogP contribution in [0.2, 0.25) is 0 Å². The predicted molar refractivity (Wildman–Crippen MR) is 42.3 cm³/mol. The molecule has 0 amide bonds. The van der Waals surface area contributed by atoms with Crippen LogP contribution < -0.4 is 0 Å². The number of aromatic nitrogens is 2. The second kappa shape index (κ2) is 3.91. The maximum Gasteiger partial charge on any atom is 0.120 e. The summed E-state index contributed by atoms with van der Waals surface area (Å²) in [6.07, 6.45) is 5.93. The summed E-state index contributed by atoms with van der Waals surface area (Å²) >= 11 is 0. The van der Waals surface area contributed by atoms with Crippen LogP contribution in [0.15, 0.2) is 12.5 Å². The molecular formula is C8H12N2O. The van der Waals surface area contributed by atoms with E-state index in [1.165, 1.54) is 0 Å². The Kier molecular flexibility index (Phi) is 2.83. The topological polar surface area (TPSA) is 34.9 Å². The zero-order valence-corrected chi connectivity index (χ0v) is 6.66. The molecule has 0 saturated heterocycles. The summed E-state index contributed by atoms with van der Waals surface area (Å²) in [6.45, 7) is 2.99. The van der Waals surface area contributed by atoms with Gasteiger partial charge in [0.15, 0.2) is 0 Å². The van der Waals surface area contributed by atoms with Crippen molar-refractivity contribution in [1.82, 2.24) is 9.55 Å². The van der Waals surface area contributed by atoms with Crippen molar-refractivity contribution < 1.29 is 4.79 Å². The minimum atomic E-state index is 0.589. The maximum absolute atomic E-state index is 10.1. The highest BCUT2D eigenvalue weighted by Gasteiger charge is 1.97. The molecule has 0 N–H and O–H groups in total. The quantitative estimate of drug-likeness (QED) is 0.604. The van der Waals surface area contributed by atoms with Crippen molar-refractivity contribution in [3.8, 4) is 0 Å². The molecule has 0 aliphatic heterocycles. The third-order valence-corrected chi connectivity index (χ3v) is 1.66. The van der Waals surface area contributed by atoms with Crippen molar-refractivity contribution in [2.75, 3.05) is 0 Å². The first-order valence-corrected chi connectivity index (χ1v) is 3.81. The van der Waals surface area contributed by atoms with Crippen molar-refractivity contribution >= 4 is 6.29 Å². The average molecular weight is 152 g/mol. The minimum Gasteiger partial charge on any atom is -0.335 e. The summed E-state index contributed by atoms with van der Waals surface area (Å²) < 4.78 is 2.05. The number of rotatable bonds is 4. The van der Waals surface area contributed by atoms with Gasteiger partial charge in [-0.05, 0) is 13.3 Å². The van der Waals surface area contributed by atoms with Gasteiger partial charge in [-0.3, -0.25) is 0 Å². The van der Waals surface area contributed by atoms with Crippen LogP contribution in [0.25, 0.3) is 0 Å². The van der Waals surface area contributed by atoms with Gasteiger partial charge in [0.2, 0.25) is 0 Å². The summed E-state index contributed by atoms with van der Waals surface area (Å²) in [6, 6.07) is 0. The zero-order chi connectivity index (χ0) is 8.10. The molecule has 1 heterocycles. The molecule has 0 spiro atoms. The number of aryl methyl sites for hydroxylation is 2. The molecule has 11 heavy (non-hydrogen) atoms. The van der Waals surface area contributed by atoms with Gasteiger partial charge in [-0.2, -0.15) is 0 Å². The molecule has 0 fully saturated rings. The summed E-state index contributed by atoms with van der Waals surface area (Å²) in [4.78, 5) is 14.1. The van der Waals surface area contributed by atoms with E-state index in [4.69, 9.17) is 0 Å². The van der Waals surface area contributed by atoms with Crippen LogP contribution in [-0.2, 0) is 17.8 Å². The molecule has 0 aliphatic carbocycles. The first kappa shape index (κ1) is 7.98. The fraction of sp³-hybridized carbons (Fsp3) is 0.500. The fourth-order valence-electron chi connectivity index (χ4n) is 1.05. The molecule has 0 aliphatic rings. The lowest BCUT2D eigenvalue weighted by atomic mass is 10.2. The summed E-state index contributed by atoms with van der Waals surface area (Å²) in [5, 5.41) is 0. The summed E-state index contributed by atoms with van der Waals surface area (Å²) in [7, 11) is 0. The van der Waals surface area contributed by atoms with E-state index in [2.05, 4.69) is 11.9 Å². The molecule has 0 radical (unpaired) electrons. The monoisotopic (exact) mass is 152 g/mol. The predicted octanol–water partition coefficient (Wildman–Crippen LogP) is 1.03. The molecule has 0 aromatic carbocycles. The second-order valence-corrected chi connectivity index (χ2v) is 2.38. The van der Waals surface area contributed by atoms with Crippen molar-refractivity contribution in [3.63, 3.8) is 0 Å². The van der Waals surface area contributed by atoms with Gasteiger partial charge in [-0.25, -0.2) is 4.98 Å². The minimum absolute atomic E-state index is 0.589. The average Bonchev–Trinajstić information content (AvgIpc) is 2.47. The number of aldehydes is 1. The maximum atomic E-state index is 10.1. The molecule has 60 valence electrons. The van der Waals surface area contributed by atoms with Gasteiger partial charge < -0.3 is 9.36 Å². The lowest BCUT2D eigenvalue weighted by Gasteiger charge is -2.01. The number of carbonyl (C=O) groups excluding carboxylic acids is 1. The SMILES string of the molecule is CCn1cncc1CCC=O. The van der Waals surface area contributed by atoms with Gasteiger partial charge in [0.1, 0.15) is 6.29 Å². The number of nitrogens with zero attached hydrogens (tertiary/aromatic N) is 2. The molecule has 0 saturated carbocycles. The van der Waals surface area contributed by atoms with E-state index in [9.17, 15) is 4.79 Å². The number of hydrogen-bond donors (Lipinski definition) is 0. The lowest BCUT2D eigenvalue weighted by Crippen LogP contribution is -1.98. The van der Waals surface area contributed by atoms with Crippen LogP contribution in [0.1, 0.15) is 19.0 Å². The normalized spacial score (nSPS) is 9.91. The zero-order valence-electron chi connectivity index (χ0n) is 6.66. The van der Waals surface area contributed by atoms with Crippen LogP contribution in [-0.4, -0.2) is 15.8 Å². The second-order valence-electron chi connectivity index (χ2n) is 2.38. The van der Waals surface area contributed by atoms with E-state index >= 15 is 0 Å². The Morgan fingerprint density at radius 1 is 1.73 bits per heavy atom. The molecule has 0 bridgehead atoms. The highest BCUT2D eigenvalue weighted by atomic mass is 16.1. The van der Waals surface area contributed by atoms with E-state index in [1.54, 1.807) is 6.33 Å². The molecule has 0 unspecified atom stereocenters. The third kappa shape index (κ3) is 1.90. The Morgan fingerprint density at radius 2 is 2.55 bits per heavy atom. The largest absolute Gasteiger partial charge is 0.335 e. The van der Waals surface area contributed by atoms with Gasteiger partial charge >= 0.3 is 0 Å². The molecule has 1 aromatic heterocycles. The Balaban J connectivity index is 2.60. The van der Waals surface area contributed by atoms with Crippen molar-refractivity contribution in [2.24, 2.45) is 0 Å². The van der Waals surface area contributed by atoms with Crippen LogP contribution >= 0.6 is 0 Å². The molecule has 0 atom stereocenters. The van der Waals surface area contributed by atoms with Gasteiger partial charge in [0, 0.05) is 24.9 Å². The molecule has 3 heteroatoms. The van der Waals surface area contributed by atoms with Gasteiger partial charge in [-0.15, -0.1) is 0 Å². The fourth-order valence-corrected chi connectivity index (χ4v) is 1.05. The Morgan fingerprint density at radius 3 is 3.18 bits per heavy atom. The Bertz CT molecular complexity index is 230. The molecule has 1 rings (SSSR count). The standard InChI is InChI=1S/C8H12N2O/c1-2-10-7-9-6-8(10)4-3-5-11/h5-7H,2-4H2,1H3. The number of imidazole rings is 1. The van der Waals surface area contributed by atoms with Gasteiger partial charge in [-0.1, -0.05) is 0 Å². The van der Waals surface area contributed by atoms with Crippen LogP contribution in [0.5, 0.6) is 0 Å². The van der Waals surface area contributed by atoms with Crippen LogP contribution in [0.4, 0.5) is 0 Å². The van der Waals surface area contributed by atoms with E-state index < -0.39 is 0 Å². The van der Waals surface area contributed by atoms with E-state index in [0.717, 1.165) is 24.9 Å². The first-order valence-electron chi connectivity index (χ1n) is 3.81. The van der Waals surface area contributed by atoms with Crippen molar-refractivity contribution in [2.45, 2.75) is 26.3 Å². The smallest absolute Gasteiger partial charge is 0.120 e. The van der Waals surface area contributed by atoms with Crippen molar-refractivity contribution in [1.29, 1.82) is 0 Å². The van der Waals surface area contributed by atoms with Crippen molar-refractivity contribution in [3.05, 3.63) is 18.2 Å². The number of hydrogen-bond acceptors (Lipinski definition) is 2. The van der Waals surface area contributed by atoms with Gasteiger partial charge in [0.05, 0.1) is 6.33 Å². The third-order valence-electron chi connectivity index (χ3n) is 1.66. The first-order chi connectivity index (χ1) is 5.38. The Labute approximate surface area is 66.1 Å². The lowest BCUT2D eigenvalue weighted by molar-refractivity contribution is -0.107. The van der Waals surface area contributed by atoms with E-state index in [0.29, 0.717) is 6.42 Å². The van der Waals surface area contributed by atoms with E-state index in [-0.39, 0.29) is 0 Å². The molecule has 1 aromatic rings. The molecular weight excluding hydrogens is 140 g/mol. The van der Waals surface area contributed by atoms with Crippen LogP contribution in [0, 0.1) is 0 Å². The summed E-state index contributed by atoms with van der Waals surface area (Å²) in [5.74, 6) is 0. The van der Waals surface area contributed by atoms with E-state index in [1.807, 2.05) is 10.8 Å². The highest BCUT2D eigenvalue weighted by molar-refractivity contribution is 5.49. The highest BCUT2D eigenvalue weighted by Crippen LogP contribution is 2.01.